The highest BCUT2D eigenvalue weighted by atomic mass is 19.1. The number of carbonyl (C=O) groups is 1. The number of rotatable bonds is 3. The Balaban J connectivity index is 1.57. The van der Waals surface area contributed by atoms with E-state index >= 15 is 0 Å². The van der Waals surface area contributed by atoms with Crippen molar-refractivity contribution in [3.63, 3.8) is 0 Å². The lowest BCUT2D eigenvalue weighted by atomic mass is 10.1. The first kappa shape index (κ1) is 17.6. The van der Waals surface area contributed by atoms with Gasteiger partial charge in [-0.05, 0) is 55.7 Å². The van der Waals surface area contributed by atoms with Gasteiger partial charge in [0.1, 0.15) is 5.82 Å². The first-order valence-corrected chi connectivity index (χ1v) is 9.46. The van der Waals surface area contributed by atoms with Gasteiger partial charge in [0.15, 0.2) is 11.5 Å². The second kappa shape index (κ2) is 7.86. The van der Waals surface area contributed by atoms with Crippen LogP contribution in [0.3, 0.4) is 0 Å². The van der Waals surface area contributed by atoms with Crippen molar-refractivity contribution in [1.29, 1.82) is 0 Å². The van der Waals surface area contributed by atoms with Crippen LogP contribution in [0.4, 0.5) is 15.8 Å². The standard InChI is InChI=1S/C21H23FN2O3/c22-16-6-7-18(24-9-2-1-3-10-24)17(14-16)23-21(25)15-5-8-19-20(13-15)27-12-4-11-26-19/h5-8,13-14H,1-4,9-12H2,(H,23,25). The molecule has 0 spiro atoms. The molecule has 2 aromatic carbocycles. The minimum absolute atomic E-state index is 0.297. The topological polar surface area (TPSA) is 50.8 Å². The van der Waals surface area contributed by atoms with Crippen molar-refractivity contribution in [1.82, 2.24) is 0 Å². The molecule has 0 aromatic heterocycles. The van der Waals surface area contributed by atoms with Crippen molar-refractivity contribution in [3.8, 4) is 11.5 Å². The van der Waals surface area contributed by atoms with Crippen LogP contribution in [0.2, 0.25) is 0 Å². The van der Waals surface area contributed by atoms with E-state index in [1.165, 1.54) is 18.6 Å². The van der Waals surface area contributed by atoms with Crippen LogP contribution in [0.1, 0.15) is 36.0 Å². The van der Waals surface area contributed by atoms with Gasteiger partial charge < -0.3 is 19.7 Å². The lowest BCUT2D eigenvalue weighted by Gasteiger charge is -2.30. The molecule has 0 unspecified atom stereocenters. The quantitative estimate of drug-likeness (QED) is 0.878. The van der Waals surface area contributed by atoms with Gasteiger partial charge >= 0.3 is 0 Å². The van der Waals surface area contributed by atoms with E-state index < -0.39 is 0 Å². The molecule has 0 saturated carbocycles. The molecule has 2 aromatic rings. The average molecular weight is 370 g/mol. The van der Waals surface area contributed by atoms with E-state index in [4.69, 9.17) is 9.47 Å². The third kappa shape index (κ3) is 3.99. The monoisotopic (exact) mass is 370 g/mol. The van der Waals surface area contributed by atoms with Crippen LogP contribution in [0, 0.1) is 5.82 Å². The van der Waals surface area contributed by atoms with E-state index in [2.05, 4.69) is 10.2 Å². The van der Waals surface area contributed by atoms with Gasteiger partial charge in [-0.15, -0.1) is 0 Å². The van der Waals surface area contributed by atoms with Crippen LogP contribution in [-0.4, -0.2) is 32.2 Å². The zero-order valence-corrected chi connectivity index (χ0v) is 15.2. The Morgan fingerprint density at radius 2 is 1.70 bits per heavy atom. The molecule has 0 radical (unpaired) electrons. The van der Waals surface area contributed by atoms with Crippen molar-refractivity contribution in [3.05, 3.63) is 47.8 Å². The molecule has 5 nitrogen and oxygen atoms in total. The number of nitrogens with zero attached hydrogens (tertiary/aromatic N) is 1. The second-order valence-corrected chi connectivity index (χ2v) is 6.88. The molecule has 1 N–H and O–H groups in total. The van der Waals surface area contributed by atoms with E-state index in [1.807, 2.05) is 0 Å². The van der Waals surface area contributed by atoms with Gasteiger partial charge in [-0.1, -0.05) is 0 Å². The maximum atomic E-state index is 13.8. The number of ether oxygens (including phenoxy) is 2. The number of carbonyl (C=O) groups excluding carboxylic acids is 1. The molecule has 2 heterocycles. The number of hydrogen-bond acceptors (Lipinski definition) is 4. The molecule has 0 atom stereocenters. The van der Waals surface area contributed by atoms with E-state index in [0.29, 0.717) is 36.0 Å². The molecular formula is C21H23FN2O3. The molecule has 2 aliphatic rings. The van der Waals surface area contributed by atoms with Crippen molar-refractivity contribution in [2.75, 3.05) is 36.5 Å². The van der Waals surface area contributed by atoms with Crippen molar-refractivity contribution in [2.45, 2.75) is 25.7 Å². The molecule has 27 heavy (non-hydrogen) atoms. The number of anilines is 2. The number of nitrogens with one attached hydrogen (secondary N) is 1. The molecular weight excluding hydrogens is 347 g/mol. The maximum Gasteiger partial charge on any atom is 0.255 e. The van der Waals surface area contributed by atoms with Gasteiger partial charge in [0.25, 0.3) is 5.91 Å². The molecule has 0 bridgehead atoms. The summed E-state index contributed by atoms with van der Waals surface area (Å²) >= 11 is 0. The highest BCUT2D eigenvalue weighted by Crippen LogP contribution is 2.32. The van der Waals surface area contributed by atoms with Crippen molar-refractivity contribution >= 4 is 17.3 Å². The van der Waals surface area contributed by atoms with Gasteiger partial charge in [-0.2, -0.15) is 0 Å². The number of halogens is 1. The molecule has 1 amide bonds. The van der Waals surface area contributed by atoms with Gasteiger partial charge in [-0.25, -0.2) is 4.39 Å². The zero-order valence-electron chi connectivity index (χ0n) is 15.2. The maximum absolute atomic E-state index is 13.8. The Labute approximate surface area is 158 Å². The van der Waals surface area contributed by atoms with Crippen LogP contribution in [0.5, 0.6) is 11.5 Å². The Kier molecular flexibility index (Phi) is 5.14. The predicted octanol–water partition coefficient (Wildman–Crippen LogP) is 4.23. The molecule has 6 heteroatoms. The van der Waals surface area contributed by atoms with Crippen molar-refractivity contribution < 1.29 is 18.7 Å². The van der Waals surface area contributed by atoms with E-state index in [0.717, 1.165) is 38.0 Å². The summed E-state index contributed by atoms with van der Waals surface area (Å²) in [5, 5.41) is 2.87. The highest BCUT2D eigenvalue weighted by Gasteiger charge is 2.19. The summed E-state index contributed by atoms with van der Waals surface area (Å²) in [5.74, 6) is 0.540. The fourth-order valence-electron chi connectivity index (χ4n) is 3.52. The third-order valence-corrected chi connectivity index (χ3v) is 4.91. The normalized spacial score (nSPS) is 16.6. The first-order chi connectivity index (χ1) is 13.2. The predicted molar refractivity (Wildman–Crippen MR) is 102 cm³/mol. The van der Waals surface area contributed by atoms with E-state index in [1.54, 1.807) is 24.3 Å². The number of benzene rings is 2. The number of fused-ring (bicyclic) bond motifs is 1. The molecule has 1 fully saturated rings. The fraction of sp³-hybridized carbons (Fsp3) is 0.381. The Hall–Kier alpha value is -2.76. The fourth-order valence-corrected chi connectivity index (χ4v) is 3.52. The Morgan fingerprint density at radius 3 is 2.52 bits per heavy atom. The van der Waals surface area contributed by atoms with Gasteiger partial charge in [0, 0.05) is 25.1 Å². The minimum Gasteiger partial charge on any atom is -0.490 e. The summed E-state index contributed by atoms with van der Waals surface area (Å²) < 4.78 is 25.1. The summed E-state index contributed by atoms with van der Waals surface area (Å²) in [4.78, 5) is 15.0. The average Bonchev–Trinajstić information content (AvgIpc) is 2.93. The summed E-state index contributed by atoms with van der Waals surface area (Å²) in [7, 11) is 0. The number of piperidine rings is 1. The largest absolute Gasteiger partial charge is 0.490 e. The Morgan fingerprint density at radius 1 is 0.926 bits per heavy atom. The summed E-state index contributed by atoms with van der Waals surface area (Å²) in [6.45, 7) is 2.99. The molecule has 2 aliphatic heterocycles. The summed E-state index contributed by atoms with van der Waals surface area (Å²) in [6, 6.07) is 9.67. The third-order valence-electron chi connectivity index (χ3n) is 4.91. The highest BCUT2D eigenvalue weighted by molar-refractivity contribution is 6.06. The first-order valence-electron chi connectivity index (χ1n) is 9.46. The van der Waals surface area contributed by atoms with Crippen LogP contribution >= 0.6 is 0 Å². The Bertz CT molecular complexity index is 834. The zero-order chi connectivity index (χ0) is 18.6. The van der Waals surface area contributed by atoms with Gasteiger partial charge in [-0.3, -0.25) is 4.79 Å². The number of amides is 1. The number of hydrogen-bond donors (Lipinski definition) is 1. The van der Waals surface area contributed by atoms with Crippen LogP contribution < -0.4 is 19.7 Å². The lowest BCUT2D eigenvalue weighted by Crippen LogP contribution is -2.30. The van der Waals surface area contributed by atoms with Crippen LogP contribution in [-0.2, 0) is 0 Å². The SMILES string of the molecule is O=C(Nc1cc(F)ccc1N1CCCCC1)c1ccc2c(c1)OCCCO2. The van der Waals surface area contributed by atoms with Crippen LogP contribution in [0.25, 0.3) is 0 Å². The molecule has 0 aliphatic carbocycles. The van der Waals surface area contributed by atoms with Crippen molar-refractivity contribution in [2.24, 2.45) is 0 Å². The summed E-state index contributed by atoms with van der Waals surface area (Å²) in [6.07, 6.45) is 4.22. The van der Waals surface area contributed by atoms with E-state index in [-0.39, 0.29) is 11.7 Å². The second-order valence-electron chi connectivity index (χ2n) is 6.88. The lowest BCUT2D eigenvalue weighted by molar-refractivity contribution is 0.102. The molecule has 4 rings (SSSR count). The smallest absolute Gasteiger partial charge is 0.255 e. The van der Waals surface area contributed by atoms with Gasteiger partial charge in [0.05, 0.1) is 24.6 Å². The van der Waals surface area contributed by atoms with E-state index in [9.17, 15) is 9.18 Å². The van der Waals surface area contributed by atoms with Gasteiger partial charge in [0.2, 0.25) is 0 Å². The summed E-state index contributed by atoms with van der Waals surface area (Å²) in [5.41, 5.74) is 1.81. The van der Waals surface area contributed by atoms with Crippen LogP contribution in [0.15, 0.2) is 36.4 Å². The molecule has 1 saturated heterocycles. The molecule has 142 valence electrons. The minimum atomic E-state index is -0.371.